The number of hydrogen-bond acceptors (Lipinski definition) is 3. The summed E-state index contributed by atoms with van der Waals surface area (Å²) in [5, 5.41) is 2.24. The highest BCUT2D eigenvalue weighted by Crippen LogP contribution is 2.29. The first kappa shape index (κ1) is 17.2. The minimum Gasteiger partial charge on any atom is -0.458 e. The molecule has 0 aliphatic rings. The van der Waals surface area contributed by atoms with Crippen LogP contribution in [0.4, 0.5) is 0 Å². The summed E-state index contributed by atoms with van der Waals surface area (Å²) in [6.45, 7) is 0.942. The predicted molar refractivity (Wildman–Crippen MR) is 102 cm³/mol. The Morgan fingerprint density at radius 3 is 2.77 bits per heavy atom. The van der Waals surface area contributed by atoms with Crippen LogP contribution >= 0.6 is 23.2 Å². The largest absolute Gasteiger partial charge is 0.458 e. The van der Waals surface area contributed by atoms with E-state index in [0.717, 1.165) is 22.3 Å². The van der Waals surface area contributed by atoms with Crippen LogP contribution in [0.3, 0.4) is 0 Å². The number of furan rings is 1. The van der Waals surface area contributed by atoms with E-state index in [9.17, 15) is 0 Å². The number of halogens is 2. The normalized spacial score (nSPS) is 12.5. The number of para-hydroxylation sites is 1. The topological polar surface area (TPSA) is 40.2 Å². The molecule has 132 valence electrons. The van der Waals surface area contributed by atoms with Gasteiger partial charge in [0.15, 0.2) is 0 Å². The van der Waals surface area contributed by atoms with E-state index in [-0.39, 0.29) is 6.10 Å². The molecule has 0 aliphatic heterocycles. The molecule has 4 rings (SSSR count). The fourth-order valence-corrected chi connectivity index (χ4v) is 3.26. The van der Waals surface area contributed by atoms with Crippen molar-refractivity contribution in [1.29, 1.82) is 0 Å². The summed E-state index contributed by atoms with van der Waals surface area (Å²) in [7, 11) is 0. The molecular formula is C20H16Cl2N2O2. The maximum Gasteiger partial charge on any atom is 0.135 e. The molecule has 4 aromatic rings. The van der Waals surface area contributed by atoms with Gasteiger partial charge in [0, 0.05) is 27.8 Å². The van der Waals surface area contributed by atoms with Gasteiger partial charge in [0.05, 0.1) is 19.5 Å². The van der Waals surface area contributed by atoms with Crippen LogP contribution in [0.5, 0.6) is 0 Å². The molecule has 0 spiro atoms. The zero-order chi connectivity index (χ0) is 17.9. The molecule has 4 nitrogen and oxygen atoms in total. The summed E-state index contributed by atoms with van der Waals surface area (Å²) in [6.07, 6.45) is 5.12. The van der Waals surface area contributed by atoms with Crippen molar-refractivity contribution in [2.24, 2.45) is 0 Å². The van der Waals surface area contributed by atoms with Gasteiger partial charge in [0.2, 0.25) is 0 Å². The highest BCUT2D eigenvalue weighted by Gasteiger charge is 2.19. The molecule has 0 N–H and O–H groups in total. The standard InChI is InChI=1S/C20H16Cl2N2O2/c21-16-6-5-15(17(22)10-16)12-25-20(11-24-8-7-23-13-24)19-9-14-3-1-2-4-18(14)26-19/h1-10,13,20H,11-12H2. The van der Waals surface area contributed by atoms with E-state index in [2.05, 4.69) is 4.98 Å². The smallest absolute Gasteiger partial charge is 0.135 e. The van der Waals surface area contributed by atoms with Gasteiger partial charge in [-0.15, -0.1) is 0 Å². The first-order valence-corrected chi connectivity index (χ1v) is 8.94. The molecule has 2 aromatic carbocycles. The maximum atomic E-state index is 6.26. The summed E-state index contributed by atoms with van der Waals surface area (Å²) < 4.78 is 14.1. The van der Waals surface area contributed by atoms with Gasteiger partial charge in [0.25, 0.3) is 0 Å². The highest BCUT2D eigenvalue weighted by atomic mass is 35.5. The molecule has 2 heterocycles. The average Bonchev–Trinajstić information content (AvgIpc) is 3.29. The van der Waals surface area contributed by atoms with Crippen molar-refractivity contribution in [3.63, 3.8) is 0 Å². The Hall–Kier alpha value is -2.27. The molecule has 1 unspecified atom stereocenters. The third-order valence-corrected chi connectivity index (χ3v) is 4.74. The van der Waals surface area contributed by atoms with E-state index in [1.807, 2.05) is 47.2 Å². The van der Waals surface area contributed by atoms with Crippen molar-refractivity contribution in [3.8, 4) is 0 Å². The van der Waals surface area contributed by atoms with Gasteiger partial charge in [0.1, 0.15) is 17.4 Å². The Morgan fingerprint density at radius 2 is 2.00 bits per heavy atom. The molecule has 0 radical (unpaired) electrons. The molecule has 0 saturated heterocycles. The Bertz CT molecular complexity index is 979. The minimum absolute atomic E-state index is 0.275. The van der Waals surface area contributed by atoms with E-state index in [0.29, 0.717) is 23.2 Å². The number of ether oxygens (including phenoxy) is 1. The van der Waals surface area contributed by atoms with Crippen molar-refractivity contribution >= 4 is 34.2 Å². The molecular weight excluding hydrogens is 371 g/mol. The van der Waals surface area contributed by atoms with E-state index in [4.69, 9.17) is 32.4 Å². The molecule has 26 heavy (non-hydrogen) atoms. The molecule has 6 heteroatoms. The number of fused-ring (bicyclic) bond motifs is 1. The second kappa shape index (κ2) is 7.54. The van der Waals surface area contributed by atoms with Gasteiger partial charge >= 0.3 is 0 Å². The number of nitrogens with zero attached hydrogens (tertiary/aromatic N) is 2. The predicted octanol–water partition coefficient (Wildman–Crippen LogP) is 5.89. The number of rotatable bonds is 6. The van der Waals surface area contributed by atoms with Gasteiger partial charge in [-0.1, -0.05) is 47.5 Å². The average molecular weight is 387 g/mol. The van der Waals surface area contributed by atoms with Crippen molar-refractivity contribution in [2.45, 2.75) is 19.3 Å². The lowest BCUT2D eigenvalue weighted by Gasteiger charge is -2.17. The molecule has 2 aromatic heterocycles. The van der Waals surface area contributed by atoms with Crippen LogP contribution in [-0.2, 0) is 17.9 Å². The third kappa shape index (κ3) is 3.78. The Balaban J connectivity index is 1.59. The highest BCUT2D eigenvalue weighted by molar-refractivity contribution is 6.35. The molecule has 0 bridgehead atoms. The van der Waals surface area contributed by atoms with Crippen LogP contribution < -0.4 is 0 Å². The second-order valence-corrected chi connectivity index (χ2v) is 6.83. The first-order valence-electron chi connectivity index (χ1n) is 8.19. The lowest BCUT2D eigenvalue weighted by Crippen LogP contribution is -2.11. The van der Waals surface area contributed by atoms with Crippen LogP contribution in [0, 0.1) is 0 Å². The lowest BCUT2D eigenvalue weighted by molar-refractivity contribution is 0.0150. The molecule has 1 atom stereocenters. The number of hydrogen-bond donors (Lipinski definition) is 0. The van der Waals surface area contributed by atoms with Gasteiger partial charge in [-0.25, -0.2) is 4.98 Å². The fourth-order valence-electron chi connectivity index (χ4n) is 2.80. The Morgan fingerprint density at radius 1 is 1.12 bits per heavy atom. The Kier molecular flexibility index (Phi) is 4.98. The van der Waals surface area contributed by atoms with Crippen LogP contribution in [0.1, 0.15) is 17.4 Å². The first-order chi connectivity index (χ1) is 12.7. The molecule has 0 aliphatic carbocycles. The van der Waals surface area contributed by atoms with Crippen molar-refractivity contribution in [1.82, 2.24) is 9.55 Å². The zero-order valence-electron chi connectivity index (χ0n) is 13.8. The molecule has 0 fully saturated rings. The maximum absolute atomic E-state index is 6.26. The molecule has 0 saturated carbocycles. The fraction of sp³-hybridized carbons (Fsp3) is 0.150. The van der Waals surface area contributed by atoms with Crippen LogP contribution in [-0.4, -0.2) is 9.55 Å². The van der Waals surface area contributed by atoms with Crippen molar-refractivity contribution < 1.29 is 9.15 Å². The van der Waals surface area contributed by atoms with Crippen molar-refractivity contribution in [3.05, 3.63) is 88.6 Å². The Labute approximate surface area is 160 Å². The lowest BCUT2D eigenvalue weighted by atomic mass is 10.2. The quantitative estimate of drug-likeness (QED) is 0.414. The molecule has 0 amide bonds. The second-order valence-electron chi connectivity index (χ2n) is 5.98. The van der Waals surface area contributed by atoms with Crippen LogP contribution in [0.25, 0.3) is 11.0 Å². The van der Waals surface area contributed by atoms with E-state index in [1.165, 1.54) is 0 Å². The van der Waals surface area contributed by atoms with Crippen molar-refractivity contribution in [2.75, 3.05) is 0 Å². The summed E-state index contributed by atoms with van der Waals surface area (Å²) in [6, 6.07) is 15.3. The minimum atomic E-state index is -0.275. The number of benzene rings is 2. The van der Waals surface area contributed by atoms with E-state index < -0.39 is 0 Å². The number of aromatic nitrogens is 2. The van der Waals surface area contributed by atoms with Gasteiger partial charge in [-0.2, -0.15) is 0 Å². The van der Waals surface area contributed by atoms with E-state index >= 15 is 0 Å². The number of imidazole rings is 1. The summed E-state index contributed by atoms with van der Waals surface area (Å²) in [5.74, 6) is 0.769. The van der Waals surface area contributed by atoms with Crippen LogP contribution in [0.15, 0.2) is 71.7 Å². The van der Waals surface area contributed by atoms with E-state index in [1.54, 1.807) is 24.7 Å². The SMILES string of the molecule is Clc1ccc(COC(Cn2ccnc2)c2cc3ccccc3o2)c(Cl)c1. The third-order valence-electron chi connectivity index (χ3n) is 4.15. The van der Waals surface area contributed by atoms with Gasteiger partial charge < -0.3 is 13.7 Å². The summed E-state index contributed by atoms with van der Waals surface area (Å²) in [5.41, 5.74) is 1.72. The summed E-state index contributed by atoms with van der Waals surface area (Å²) >= 11 is 12.2. The summed E-state index contributed by atoms with van der Waals surface area (Å²) in [4.78, 5) is 4.09. The zero-order valence-corrected chi connectivity index (χ0v) is 15.3. The monoisotopic (exact) mass is 386 g/mol. The van der Waals surface area contributed by atoms with Crippen LogP contribution in [0.2, 0.25) is 10.0 Å². The van der Waals surface area contributed by atoms with Gasteiger partial charge in [-0.05, 0) is 29.8 Å². The van der Waals surface area contributed by atoms with Gasteiger partial charge in [-0.3, -0.25) is 0 Å².